The summed E-state index contributed by atoms with van der Waals surface area (Å²) in [4.78, 5) is 65.9. The Balaban J connectivity index is 1.82. The molecule has 41 heavy (non-hydrogen) atoms. The minimum atomic E-state index is -1.02. The molecule has 0 radical (unpaired) electrons. The summed E-state index contributed by atoms with van der Waals surface area (Å²) in [6.07, 6.45) is 2.93. The van der Waals surface area contributed by atoms with Crippen molar-refractivity contribution in [3.05, 3.63) is 53.0 Å². The number of carbonyl (C=O) groups is 5. The number of fused-ring (bicyclic) bond motifs is 1. The van der Waals surface area contributed by atoms with Crippen molar-refractivity contribution in [3.63, 3.8) is 0 Å². The van der Waals surface area contributed by atoms with Gasteiger partial charge in [-0.25, -0.2) is 24.0 Å². The van der Waals surface area contributed by atoms with E-state index in [4.69, 9.17) is 9.47 Å². The Hall–Kier alpha value is -5.01. The molecule has 218 valence electrons. The van der Waals surface area contributed by atoms with Crippen molar-refractivity contribution in [2.24, 2.45) is 0 Å². The average Bonchev–Trinajstić information content (AvgIpc) is 3.30. The highest BCUT2D eigenvalue weighted by Gasteiger charge is 2.27. The maximum absolute atomic E-state index is 13.4. The third-order valence-corrected chi connectivity index (χ3v) is 6.18. The molecule has 3 aromatic rings. The van der Waals surface area contributed by atoms with E-state index >= 15 is 0 Å². The predicted octanol–water partition coefficient (Wildman–Crippen LogP) is 2.46. The Morgan fingerprint density at radius 1 is 1.15 bits per heavy atom. The smallest absolute Gasteiger partial charge is 0.419 e. The van der Waals surface area contributed by atoms with Crippen LogP contribution in [-0.2, 0) is 19.1 Å². The lowest BCUT2D eigenvalue weighted by atomic mass is 10.1. The van der Waals surface area contributed by atoms with E-state index in [1.165, 1.54) is 24.0 Å². The second-order valence-electron chi connectivity index (χ2n) is 9.03. The Bertz CT molecular complexity index is 1450. The van der Waals surface area contributed by atoms with Crippen LogP contribution in [0.25, 0.3) is 5.52 Å². The molecule has 0 spiro atoms. The van der Waals surface area contributed by atoms with Crippen molar-refractivity contribution in [2.45, 2.75) is 47.1 Å². The third-order valence-electron chi connectivity index (χ3n) is 6.18. The maximum Gasteiger partial charge on any atom is 0.419 e. The fourth-order valence-corrected chi connectivity index (χ4v) is 3.85. The van der Waals surface area contributed by atoms with E-state index in [1.54, 1.807) is 26.0 Å². The predicted molar refractivity (Wildman–Crippen MR) is 148 cm³/mol. The van der Waals surface area contributed by atoms with Crippen LogP contribution in [-0.4, -0.2) is 75.7 Å². The van der Waals surface area contributed by atoms with Gasteiger partial charge in [0.25, 0.3) is 11.8 Å². The number of nitrogens with one attached hydrogen (secondary N) is 3. The highest BCUT2D eigenvalue weighted by molar-refractivity contribution is 6.05. The summed E-state index contributed by atoms with van der Waals surface area (Å²) in [6, 6.07) is 4.35. The SMILES string of the molecule is CCCNC(=O)c1ccc(C)c(Nc2ncnn3cc(C(=O)N(CC)C(=O)OCOC(=O)C(C)NC=O)c(C)c23)c1. The van der Waals surface area contributed by atoms with Crippen LogP contribution < -0.4 is 16.0 Å². The first-order chi connectivity index (χ1) is 19.6. The summed E-state index contributed by atoms with van der Waals surface area (Å²) in [7, 11) is 0. The molecule has 1 atom stereocenters. The molecule has 0 fully saturated rings. The lowest BCUT2D eigenvalue weighted by Crippen LogP contribution is -2.39. The number of benzene rings is 1. The number of aryl methyl sites for hydroxylation is 2. The quantitative estimate of drug-likeness (QED) is 0.168. The van der Waals surface area contributed by atoms with Gasteiger partial charge in [-0.2, -0.15) is 5.10 Å². The Morgan fingerprint density at radius 2 is 1.90 bits per heavy atom. The van der Waals surface area contributed by atoms with Gasteiger partial charge in [-0.15, -0.1) is 0 Å². The van der Waals surface area contributed by atoms with Crippen molar-refractivity contribution < 1.29 is 33.4 Å². The van der Waals surface area contributed by atoms with Gasteiger partial charge in [-0.3, -0.25) is 14.4 Å². The molecule has 14 heteroatoms. The van der Waals surface area contributed by atoms with Gasteiger partial charge >= 0.3 is 12.1 Å². The van der Waals surface area contributed by atoms with E-state index in [0.29, 0.717) is 41.1 Å². The second-order valence-corrected chi connectivity index (χ2v) is 9.03. The largest absolute Gasteiger partial charge is 0.426 e. The fourth-order valence-electron chi connectivity index (χ4n) is 3.85. The third kappa shape index (κ3) is 7.15. The number of esters is 1. The lowest BCUT2D eigenvalue weighted by molar-refractivity contribution is -0.154. The number of anilines is 2. The molecule has 0 aliphatic rings. The zero-order valence-corrected chi connectivity index (χ0v) is 23.5. The second kappa shape index (κ2) is 13.9. The zero-order chi connectivity index (χ0) is 30.1. The average molecular weight is 568 g/mol. The van der Waals surface area contributed by atoms with Crippen LogP contribution in [0.15, 0.2) is 30.7 Å². The summed E-state index contributed by atoms with van der Waals surface area (Å²) in [5.74, 6) is -1.27. The van der Waals surface area contributed by atoms with Crippen LogP contribution in [0.5, 0.6) is 0 Å². The molecule has 0 aliphatic heterocycles. The van der Waals surface area contributed by atoms with E-state index in [1.807, 2.05) is 19.9 Å². The Kier molecular flexibility index (Phi) is 10.3. The molecule has 3 rings (SSSR count). The van der Waals surface area contributed by atoms with E-state index in [2.05, 4.69) is 26.0 Å². The van der Waals surface area contributed by atoms with Gasteiger partial charge in [0.15, 0.2) is 5.82 Å². The molecule has 3 N–H and O–H groups in total. The normalized spacial score (nSPS) is 11.3. The number of carbonyl (C=O) groups excluding carboxylic acids is 5. The first-order valence-corrected chi connectivity index (χ1v) is 13.0. The maximum atomic E-state index is 13.4. The highest BCUT2D eigenvalue weighted by atomic mass is 16.7. The number of imide groups is 1. The van der Waals surface area contributed by atoms with Crippen molar-refractivity contribution in [2.75, 3.05) is 25.2 Å². The van der Waals surface area contributed by atoms with Crippen LogP contribution in [0.3, 0.4) is 0 Å². The lowest BCUT2D eigenvalue weighted by Gasteiger charge is -2.18. The van der Waals surface area contributed by atoms with E-state index < -0.39 is 30.8 Å². The summed E-state index contributed by atoms with van der Waals surface area (Å²) in [5, 5.41) is 12.5. The van der Waals surface area contributed by atoms with Gasteiger partial charge in [0, 0.05) is 30.5 Å². The first-order valence-electron chi connectivity index (χ1n) is 13.0. The van der Waals surface area contributed by atoms with Gasteiger partial charge in [0.05, 0.1) is 5.56 Å². The molecular formula is C27H33N7O7. The summed E-state index contributed by atoms with van der Waals surface area (Å²) in [6.45, 7) is 8.34. The molecule has 4 amide bonds. The van der Waals surface area contributed by atoms with E-state index in [0.717, 1.165) is 16.9 Å². The van der Waals surface area contributed by atoms with E-state index in [9.17, 15) is 24.0 Å². The minimum absolute atomic E-state index is 0.0246. The molecule has 14 nitrogen and oxygen atoms in total. The Labute approximate surface area is 236 Å². The van der Waals surface area contributed by atoms with Gasteiger partial charge in [-0.05, 0) is 57.4 Å². The fraction of sp³-hybridized carbons (Fsp3) is 0.370. The first kappa shape index (κ1) is 30.5. The van der Waals surface area contributed by atoms with Crippen LogP contribution in [0.4, 0.5) is 16.3 Å². The van der Waals surface area contributed by atoms with Crippen molar-refractivity contribution in [1.29, 1.82) is 0 Å². The Morgan fingerprint density at radius 3 is 2.59 bits per heavy atom. The number of aromatic nitrogens is 3. The molecule has 0 aliphatic carbocycles. The summed E-state index contributed by atoms with van der Waals surface area (Å²) in [5.41, 5.74) is 3.17. The van der Waals surface area contributed by atoms with Crippen molar-refractivity contribution >= 4 is 47.3 Å². The number of hydrogen-bond acceptors (Lipinski definition) is 10. The van der Waals surface area contributed by atoms with Crippen molar-refractivity contribution in [3.8, 4) is 0 Å². The van der Waals surface area contributed by atoms with Crippen LogP contribution in [0.2, 0.25) is 0 Å². The summed E-state index contributed by atoms with van der Waals surface area (Å²) >= 11 is 0. The summed E-state index contributed by atoms with van der Waals surface area (Å²) < 4.78 is 11.2. The minimum Gasteiger partial charge on any atom is -0.426 e. The number of ether oxygens (including phenoxy) is 2. The topological polar surface area (TPSA) is 173 Å². The molecule has 0 bridgehead atoms. The molecule has 2 aromatic heterocycles. The number of amides is 4. The monoisotopic (exact) mass is 567 g/mol. The zero-order valence-electron chi connectivity index (χ0n) is 23.5. The van der Waals surface area contributed by atoms with E-state index in [-0.39, 0.29) is 18.0 Å². The van der Waals surface area contributed by atoms with Gasteiger partial charge in [0.1, 0.15) is 17.9 Å². The number of hydrogen-bond donors (Lipinski definition) is 3. The molecule has 2 heterocycles. The number of nitrogens with zero attached hydrogens (tertiary/aromatic N) is 4. The van der Waals surface area contributed by atoms with Gasteiger partial charge < -0.3 is 25.4 Å². The van der Waals surface area contributed by atoms with Crippen LogP contribution in [0.1, 0.15) is 59.0 Å². The van der Waals surface area contributed by atoms with Crippen LogP contribution in [0, 0.1) is 13.8 Å². The molecule has 1 unspecified atom stereocenters. The van der Waals surface area contributed by atoms with Gasteiger partial charge in [-0.1, -0.05) is 13.0 Å². The van der Waals surface area contributed by atoms with Gasteiger partial charge in [0.2, 0.25) is 13.2 Å². The molecule has 0 saturated heterocycles. The standard InChI is InChI=1S/C27H33N7O7/c1-6-10-28-24(36)19-9-8-16(3)21(11-19)32-23-22-17(4)20(12-34(22)31-13-29-23)25(37)33(7-2)27(39)41-15-40-26(38)18(5)30-14-35/h8-9,11-14,18H,6-7,10,15H2,1-5H3,(H,28,36)(H,30,35)(H,29,31,32). The molecule has 1 aromatic carbocycles. The van der Waals surface area contributed by atoms with Crippen LogP contribution >= 0.6 is 0 Å². The number of rotatable bonds is 12. The molecule has 0 saturated carbocycles. The highest BCUT2D eigenvalue weighted by Crippen LogP contribution is 2.28. The molecular weight excluding hydrogens is 534 g/mol. The van der Waals surface area contributed by atoms with Crippen molar-refractivity contribution in [1.82, 2.24) is 30.1 Å².